The van der Waals surface area contributed by atoms with Gasteiger partial charge in [-0.3, -0.25) is 19.1 Å². The highest BCUT2D eigenvalue weighted by atomic mass is 19.2. The Balaban J connectivity index is 1.03. The van der Waals surface area contributed by atoms with E-state index in [1.807, 2.05) is 49.5 Å². The van der Waals surface area contributed by atoms with Crippen molar-refractivity contribution in [2.24, 2.45) is 16.1 Å². The van der Waals surface area contributed by atoms with Gasteiger partial charge in [0.05, 0.1) is 145 Å². The van der Waals surface area contributed by atoms with Crippen molar-refractivity contribution in [3.05, 3.63) is 46.8 Å². The molecule has 80 heavy (non-hydrogen) atoms. The number of nitrogens with two attached hydrogens (primary N) is 1. The third-order valence-corrected chi connectivity index (χ3v) is 11.5. The molecule has 2 amide bonds. The van der Waals surface area contributed by atoms with Gasteiger partial charge in [0.1, 0.15) is 17.2 Å². The molecule has 0 atom stereocenters. The van der Waals surface area contributed by atoms with Crippen LogP contribution in [0.15, 0.2) is 22.8 Å². The summed E-state index contributed by atoms with van der Waals surface area (Å²) in [4.78, 5) is 46.3. The first-order valence-electron chi connectivity index (χ1n) is 27.7. The molecule has 2 aromatic rings. The zero-order valence-corrected chi connectivity index (χ0v) is 47.8. The third kappa shape index (κ3) is 32.1. The van der Waals surface area contributed by atoms with E-state index in [1.165, 1.54) is 0 Å². The van der Waals surface area contributed by atoms with Crippen LogP contribution in [0.25, 0.3) is 6.08 Å². The Bertz CT molecular complexity index is 2090. The zero-order valence-electron chi connectivity index (χ0n) is 47.8. The van der Waals surface area contributed by atoms with E-state index in [0.717, 1.165) is 45.3 Å². The van der Waals surface area contributed by atoms with E-state index < -0.39 is 41.4 Å². The van der Waals surface area contributed by atoms with Crippen molar-refractivity contribution in [2.75, 3.05) is 172 Å². The fourth-order valence-electron chi connectivity index (χ4n) is 7.51. The molecule has 0 saturated heterocycles. The van der Waals surface area contributed by atoms with Gasteiger partial charge in [0.2, 0.25) is 29.2 Å². The van der Waals surface area contributed by atoms with Crippen molar-refractivity contribution in [3.8, 4) is 5.75 Å². The number of benzene rings is 1. The number of hydrogen-bond acceptors (Lipinski definition) is 18. The predicted molar refractivity (Wildman–Crippen MR) is 291 cm³/mol. The predicted octanol–water partition coefficient (Wildman–Crippen LogP) is 5.66. The molecule has 0 bridgehead atoms. The number of ether oxygens (including phenoxy) is 11. The number of nitrogens with zero attached hydrogens (tertiary/aromatic N) is 5. The standard InChI is InChI=1S/C55H89F4N7O14/c1-6-13-65(15-10-12-61-49(67)41-55(2,3)4)54(69)43-38-46-47(62-48(60)39-43)42-66(63-46)16-9-7-8-14-64(5)17-19-71-21-23-73-25-27-75-29-31-77-33-35-79-37-36-78-34-32-76-30-28-74-26-24-72-22-20-70-18-11-50(68)80-53-51(58)44(56)40-45(57)52(53)59/h38,40,42H,6-37,39,41H2,1-5H3,(H2,60,62)(H,61,67). The molecule has 0 spiro atoms. The molecule has 0 unspecified atom stereocenters. The number of aliphatic imine (C=N–C) groups is 1. The molecule has 1 aromatic heterocycles. The number of fused-ring (bicyclic) bond motifs is 1. The fraction of sp³-hybridized carbons (Fsp3) is 0.727. The van der Waals surface area contributed by atoms with Crippen LogP contribution in [0, 0.1) is 28.7 Å². The normalized spacial score (nSPS) is 12.6. The first-order chi connectivity index (χ1) is 38.6. The second-order valence-electron chi connectivity index (χ2n) is 19.9. The summed E-state index contributed by atoms with van der Waals surface area (Å²) in [6.45, 7) is 19.9. The molecule has 1 aliphatic rings. The Morgan fingerprint density at radius 3 is 1.62 bits per heavy atom. The number of unbranched alkanes of at least 4 members (excludes halogenated alkanes) is 2. The lowest BCUT2D eigenvalue weighted by molar-refractivity contribution is -0.136. The first-order valence-corrected chi connectivity index (χ1v) is 27.7. The van der Waals surface area contributed by atoms with E-state index in [1.54, 1.807) is 0 Å². The highest BCUT2D eigenvalue weighted by Crippen LogP contribution is 2.28. The Hall–Kier alpha value is -4.67. The maximum Gasteiger partial charge on any atom is 0.313 e. The Morgan fingerprint density at radius 2 is 1.14 bits per heavy atom. The van der Waals surface area contributed by atoms with E-state index >= 15 is 0 Å². The number of carbonyl (C=O) groups is 3. The van der Waals surface area contributed by atoms with E-state index in [9.17, 15) is 31.9 Å². The van der Waals surface area contributed by atoms with Crippen molar-refractivity contribution in [3.63, 3.8) is 0 Å². The molecular weight excluding hydrogens is 1060 g/mol. The molecule has 0 saturated carbocycles. The largest absolute Gasteiger partial charge is 0.420 e. The average molecular weight is 1150 g/mol. The number of rotatable bonds is 48. The number of aryl methyl sites for hydroxylation is 1. The van der Waals surface area contributed by atoms with Crippen LogP contribution < -0.4 is 15.8 Å². The number of amides is 2. The maximum atomic E-state index is 13.7. The molecule has 0 fully saturated rings. The number of aromatic nitrogens is 2. The lowest BCUT2D eigenvalue weighted by Crippen LogP contribution is -2.37. The van der Waals surface area contributed by atoms with Crippen LogP contribution in [0.3, 0.4) is 0 Å². The number of carbonyl (C=O) groups excluding carboxylic acids is 3. The number of hydrogen-bond donors (Lipinski definition) is 2. The minimum Gasteiger partial charge on any atom is -0.420 e. The van der Waals surface area contributed by atoms with Gasteiger partial charge in [-0.05, 0) is 50.8 Å². The second-order valence-corrected chi connectivity index (χ2v) is 19.9. The number of likely N-dealkylation sites (N-methyl/N-ethyl adjacent to an activating group) is 1. The monoisotopic (exact) mass is 1150 g/mol. The average Bonchev–Trinajstić information content (AvgIpc) is 3.80. The smallest absolute Gasteiger partial charge is 0.313 e. The number of esters is 1. The summed E-state index contributed by atoms with van der Waals surface area (Å²) in [5, 5.41) is 7.73. The zero-order chi connectivity index (χ0) is 58.2. The highest BCUT2D eigenvalue weighted by Gasteiger charge is 2.25. The molecule has 0 radical (unpaired) electrons. The Morgan fingerprint density at radius 1 is 0.650 bits per heavy atom. The summed E-state index contributed by atoms with van der Waals surface area (Å²) >= 11 is 0. The topological polar surface area (TPSA) is 227 Å². The van der Waals surface area contributed by atoms with Crippen LogP contribution >= 0.6 is 0 Å². The molecule has 21 nitrogen and oxygen atoms in total. The summed E-state index contributed by atoms with van der Waals surface area (Å²) in [5.41, 5.74) is 8.09. The van der Waals surface area contributed by atoms with Gasteiger partial charge in [0, 0.05) is 57.2 Å². The molecule has 2 heterocycles. The van der Waals surface area contributed by atoms with E-state index in [0.29, 0.717) is 168 Å². The Kier molecular flexibility index (Phi) is 36.7. The highest BCUT2D eigenvalue weighted by molar-refractivity contribution is 6.05. The number of amidine groups is 1. The van der Waals surface area contributed by atoms with Gasteiger partial charge >= 0.3 is 5.97 Å². The van der Waals surface area contributed by atoms with Gasteiger partial charge in [-0.2, -0.15) is 13.9 Å². The van der Waals surface area contributed by atoms with E-state index in [2.05, 4.69) is 27.0 Å². The molecule has 0 aliphatic carbocycles. The van der Waals surface area contributed by atoms with Crippen LogP contribution in [-0.4, -0.2) is 215 Å². The quantitative estimate of drug-likeness (QED) is 0.0268. The SMILES string of the molecule is CCCN(CCCNC(=O)CC(C)(C)C)C(=O)C1=Cc2nn(CCCCCN(C)CCOCCOCCOCCOCCOCCOCCOCCOCCOCCOCCC(=O)Oc3c(F)c(F)cc(F)c3F)cc2N=C(N)C1. The van der Waals surface area contributed by atoms with Crippen molar-refractivity contribution in [2.45, 2.75) is 85.6 Å². The minimum atomic E-state index is -1.80. The van der Waals surface area contributed by atoms with Gasteiger partial charge in [-0.25, -0.2) is 13.8 Å². The minimum absolute atomic E-state index is 0.0176. The van der Waals surface area contributed by atoms with Crippen LogP contribution in [0.1, 0.15) is 84.8 Å². The van der Waals surface area contributed by atoms with Gasteiger partial charge in [-0.1, -0.05) is 34.1 Å². The molecule has 456 valence electrons. The van der Waals surface area contributed by atoms with E-state index in [4.69, 9.17) is 58.2 Å². The first kappa shape index (κ1) is 69.6. The fourth-order valence-corrected chi connectivity index (χ4v) is 7.51. The second kappa shape index (κ2) is 42.2. The van der Waals surface area contributed by atoms with Crippen molar-refractivity contribution >= 4 is 35.4 Å². The third-order valence-electron chi connectivity index (χ3n) is 11.5. The molecule has 3 rings (SSSR count). The Labute approximate surface area is 469 Å². The molecule has 25 heteroatoms. The molecule has 1 aromatic carbocycles. The van der Waals surface area contributed by atoms with Crippen LogP contribution in [-0.2, 0) is 68.3 Å². The van der Waals surface area contributed by atoms with Gasteiger partial charge in [0.25, 0.3) is 0 Å². The van der Waals surface area contributed by atoms with Crippen molar-refractivity contribution in [1.29, 1.82) is 0 Å². The van der Waals surface area contributed by atoms with Crippen molar-refractivity contribution in [1.82, 2.24) is 24.9 Å². The molecule has 3 N–H and O–H groups in total. The van der Waals surface area contributed by atoms with Crippen LogP contribution in [0.5, 0.6) is 5.75 Å². The summed E-state index contributed by atoms with van der Waals surface area (Å²) in [7, 11) is 2.09. The molecule has 1 aliphatic heterocycles. The number of nitrogens with one attached hydrogen (secondary N) is 1. The van der Waals surface area contributed by atoms with E-state index in [-0.39, 0.29) is 49.5 Å². The molecular formula is C55H89F4N7O14. The lowest BCUT2D eigenvalue weighted by atomic mass is 9.92. The lowest BCUT2D eigenvalue weighted by Gasteiger charge is -2.24. The summed E-state index contributed by atoms with van der Waals surface area (Å²) in [5.74, 6) is -9.18. The van der Waals surface area contributed by atoms with Crippen LogP contribution in [0.2, 0.25) is 0 Å². The van der Waals surface area contributed by atoms with Crippen LogP contribution in [0.4, 0.5) is 23.2 Å². The number of halogens is 4. The van der Waals surface area contributed by atoms with Gasteiger partial charge in [0.15, 0.2) is 11.6 Å². The van der Waals surface area contributed by atoms with Gasteiger partial charge < -0.3 is 73.0 Å². The summed E-state index contributed by atoms with van der Waals surface area (Å²) < 4.78 is 115. The van der Waals surface area contributed by atoms with Gasteiger partial charge in [-0.15, -0.1) is 0 Å². The summed E-state index contributed by atoms with van der Waals surface area (Å²) in [6, 6.07) is 0.0176. The summed E-state index contributed by atoms with van der Waals surface area (Å²) in [6.07, 6.45) is 8.55. The maximum absolute atomic E-state index is 13.7. The van der Waals surface area contributed by atoms with Crippen molar-refractivity contribution < 1.29 is 84.1 Å².